The number of halogens is 1. The fourth-order valence-electron chi connectivity index (χ4n) is 1.89. The van der Waals surface area contributed by atoms with E-state index in [-0.39, 0.29) is 0 Å². The van der Waals surface area contributed by atoms with Crippen LogP contribution in [0.5, 0.6) is 0 Å². The van der Waals surface area contributed by atoms with Gasteiger partial charge >= 0.3 is 0 Å². The zero-order valence-corrected chi connectivity index (χ0v) is 12.6. The van der Waals surface area contributed by atoms with Gasteiger partial charge in [-0.3, -0.25) is 0 Å². The van der Waals surface area contributed by atoms with Crippen LogP contribution >= 0.6 is 11.6 Å². The maximum Gasteiger partial charge on any atom is 0.0700 e. The molecule has 0 saturated carbocycles. The summed E-state index contributed by atoms with van der Waals surface area (Å²) in [4.78, 5) is 0. The smallest absolute Gasteiger partial charge is 0.0700 e. The molecule has 3 nitrogen and oxygen atoms in total. The maximum atomic E-state index is 5.90. The van der Waals surface area contributed by atoms with Crippen molar-refractivity contribution < 1.29 is 9.47 Å². The summed E-state index contributed by atoms with van der Waals surface area (Å²) in [5, 5.41) is 4.32. The second-order valence-electron chi connectivity index (χ2n) is 4.43. The lowest BCUT2D eigenvalue weighted by Gasteiger charge is -2.17. The van der Waals surface area contributed by atoms with Crippen molar-refractivity contribution in [3.8, 4) is 0 Å². The fourth-order valence-corrected chi connectivity index (χ4v) is 2.01. The minimum absolute atomic E-state index is 0.385. The Morgan fingerprint density at radius 1 is 1.16 bits per heavy atom. The topological polar surface area (TPSA) is 30.5 Å². The number of methoxy groups -OCH3 is 1. The lowest BCUT2D eigenvalue weighted by molar-refractivity contribution is 0.0692. The molecule has 0 aliphatic carbocycles. The maximum absolute atomic E-state index is 5.90. The fraction of sp³-hybridized carbons (Fsp3) is 0.600. The minimum atomic E-state index is 0.385. The molecule has 1 unspecified atom stereocenters. The summed E-state index contributed by atoms with van der Waals surface area (Å²) in [5.74, 6) is 0. The SMILES string of the molecule is CCC(NCCCOCCOC)c1ccc(Cl)cc1. The van der Waals surface area contributed by atoms with E-state index in [1.54, 1.807) is 7.11 Å². The highest BCUT2D eigenvalue weighted by atomic mass is 35.5. The molecule has 0 aliphatic heterocycles. The van der Waals surface area contributed by atoms with Crippen molar-refractivity contribution in [3.05, 3.63) is 34.9 Å². The van der Waals surface area contributed by atoms with Crippen LogP contribution in [0.3, 0.4) is 0 Å². The molecule has 0 radical (unpaired) electrons. The van der Waals surface area contributed by atoms with Gasteiger partial charge in [0.25, 0.3) is 0 Å². The van der Waals surface area contributed by atoms with Crippen LogP contribution in [0, 0.1) is 0 Å². The van der Waals surface area contributed by atoms with Gasteiger partial charge in [0, 0.05) is 24.8 Å². The van der Waals surface area contributed by atoms with Crippen LogP contribution in [0.4, 0.5) is 0 Å². The van der Waals surface area contributed by atoms with Gasteiger partial charge in [-0.2, -0.15) is 0 Å². The van der Waals surface area contributed by atoms with Gasteiger partial charge < -0.3 is 14.8 Å². The van der Waals surface area contributed by atoms with Gasteiger partial charge in [0.05, 0.1) is 13.2 Å². The Balaban J connectivity index is 2.20. The highest BCUT2D eigenvalue weighted by Gasteiger charge is 2.07. The lowest BCUT2D eigenvalue weighted by Crippen LogP contribution is -2.23. The molecule has 108 valence electrons. The molecule has 0 bridgehead atoms. The third-order valence-electron chi connectivity index (χ3n) is 2.97. The first-order chi connectivity index (χ1) is 9.27. The van der Waals surface area contributed by atoms with Crippen molar-refractivity contribution in [1.82, 2.24) is 5.32 Å². The molecule has 0 amide bonds. The molecule has 19 heavy (non-hydrogen) atoms. The van der Waals surface area contributed by atoms with Gasteiger partial charge in [0.15, 0.2) is 0 Å². The summed E-state index contributed by atoms with van der Waals surface area (Å²) < 4.78 is 10.3. The van der Waals surface area contributed by atoms with Gasteiger partial charge in [0.2, 0.25) is 0 Å². The second-order valence-corrected chi connectivity index (χ2v) is 4.86. The highest BCUT2D eigenvalue weighted by Crippen LogP contribution is 2.18. The first-order valence-electron chi connectivity index (χ1n) is 6.83. The van der Waals surface area contributed by atoms with Crippen LogP contribution in [0.15, 0.2) is 24.3 Å². The zero-order chi connectivity index (χ0) is 13.9. The Labute approximate surface area is 121 Å². The molecule has 1 aromatic rings. The van der Waals surface area contributed by atoms with E-state index >= 15 is 0 Å². The van der Waals surface area contributed by atoms with Crippen LogP contribution < -0.4 is 5.32 Å². The van der Waals surface area contributed by atoms with Crippen molar-refractivity contribution in [1.29, 1.82) is 0 Å². The monoisotopic (exact) mass is 285 g/mol. The average Bonchev–Trinajstić information content (AvgIpc) is 2.43. The Hall–Kier alpha value is -0.610. The van der Waals surface area contributed by atoms with Crippen molar-refractivity contribution in [3.63, 3.8) is 0 Å². The predicted octanol–water partition coefficient (Wildman–Crippen LogP) is 3.43. The van der Waals surface area contributed by atoms with E-state index in [2.05, 4.69) is 24.4 Å². The Kier molecular flexibility index (Phi) is 8.84. The number of hydrogen-bond acceptors (Lipinski definition) is 3. The number of rotatable bonds is 10. The molecule has 0 heterocycles. The average molecular weight is 286 g/mol. The third kappa shape index (κ3) is 6.92. The Morgan fingerprint density at radius 3 is 2.53 bits per heavy atom. The first-order valence-corrected chi connectivity index (χ1v) is 7.21. The van der Waals surface area contributed by atoms with Crippen LogP contribution in [0.25, 0.3) is 0 Å². The van der Waals surface area contributed by atoms with E-state index < -0.39 is 0 Å². The quantitative estimate of drug-likeness (QED) is 0.668. The van der Waals surface area contributed by atoms with Crippen molar-refractivity contribution >= 4 is 11.6 Å². The molecule has 0 spiro atoms. The zero-order valence-electron chi connectivity index (χ0n) is 11.8. The summed E-state index contributed by atoms with van der Waals surface area (Å²) >= 11 is 5.90. The van der Waals surface area contributed by atoms with E-state index in [1.807, 2.05) is 12.1 Å². The first kappa shape index (κ1) is 16.4. The molecule has 1 aromatic carbocycles. The van der Waals surface area contributed by atoms with E-state index in [0.717, 1.165) is 31.0 Å². The van der Waals surface area contributed by atoms with Gasteiger partial charge in [-0.25, -0.2) is 0 Å². The van der Waals surface area contributed by atoms with Crippen LogP contribution in [0.2, 0.25) is 5.02 Å². The van der Waals surface area contributed by atoms with Crippen molar-refractivity contribution in [2.75, 3.05) is 33.5 Å². The number of ether oxygens (including phenoxy) is 2. The summed E-state index contributed by atoms with van der Waals surface area (Å²) in [6.45, 7) is 5.24. The van der Waals surface area contributed by atoms with Gasteiger partial charge in [-0.1, -0.05) is 30.7 Å². The van der Waals surface area contributed by atoms with Gasteiger partial charge in [-0.15, -0.1) is 0 Å². The minimum Gasteiger partial charge on any atom is -0.382 e. The van der Waals surface area contributed by atoms with Crippen molar-refractivity contribution in [2.45, 2.75) is 25.8 Å². The van der Waals surface area contributed by atoms with Crippen LogP contribution in [0.1, 0.15) is 31.4 Å². The van der Waals surface area contributed by atoms with Crippen LogP contribution in [-0.4, -0.2) is 33.5 Å². The third-order valence-corrected chi connectivity index (χ3v) is 3.22. The summed E-state index contributed by atoms with van der Waals surface area (Å²) in [7, 11) is 1.68. The Morgan fingerprint density at radius 2 is 1.89 bits per heavy atom. The van der Waals surface area contributed by atoms with E-state index in [0.29, 0.717) is 19.3 Å². The molecule has 1 atom stereocenters. The standard InChI is InChI=1S/C15H24ClNO2/c1-3-15(13-5-7-14(16)8-6-13)17-9-4-10-19-12-11-18-2/h5-8,15,17H,3-4,9-12H2,1-2H3. The van der Waals surface area contributed by atoms with E-state index in [9.17, 15) is 0 Å². The molecular formula is C15H24ClNO2. The molecule has 1 N–H and O–H groups in total. The summed E-state index contributed by atoms with van der Waals surface area (Å²) in [5.41, 5.74) is 1.28. The normalized spacial score (nSPS) is 12.6. The molecular weight excluding hydrogens is 262 g/mol. The number of benzene rings is 1. The molecule has 0 aromatic heterocycles. The Bertz CT molecular complexity index is 329. The van der Waals surface area contributed by atoms with Gasteiger partial charge in [0.1, 0.15) is 0 Å². The molecule has 0 aliphatic rings. The molecule has 4 heteroatoms. The van der Waals surface area contributed by atoms with Crippen molar-refractivity contribution in [2.24, 2.45) is 0 Å². The largest absolute Gasteiger partial charge is 0.382 e. The predicted molar refractivity (Wildman–Crippen MR) is 79.8 cm³/mol. The summed E-state index contributed by atoms with van der Waals surface area (Å²) in [6, 6.07) is 8.43. The van der Waals surface area contributed by atoms with E-state index in [4.69, 9.17) is 21.1 Å². The summed E-state index contributed by atoms with van der Waals surface area (Å²) in [6.07, 6.45) is 2.07. The molecule has 1 rings (SSSR count). The number of nitrogens with one attached hydrogen (secondary N) is 1. The molecule has 0 fully saturated rings. The molecule has 0 saturated heterocycles. The van der Waals surface area contributed by atoms with Gasteiger partial charge in [-0.05, 0) is 37.1 Å². The van der Waals surface area contributed by atoms with E-state index in [1.165, 1.54) is 5.56 Å². The number of hydrogen-bond donors (Lipinski definition) is 1. The second kappa shape index (κ2) is 10.2. The van der Waals surface area contributed by atoms with Crippen LogP contribution in [-0.2, 0) is 9.47 Å². The highest BCUT2D eigenvalue weighted by molar-refractivity contribution is 6.30. The lowest BCUT2D eigenvalue weighted by atomic mass is 10.0.